The van der Waals surface area contributed by atoms with Crippen LogP contribution in [0.2, 0.25) is 0 Å². The Bertz CT molecular complexity index is 244. The van der Waals surface area contributed by atoms with E-state index in [1.807, 2.05) is 11.4 Å². The third-order valence-electron chi connectivity index (χ3n) is 1.47. The molecule has 0 aromatic carbocycles. The lowest BCUT2D eigenvalue weighted by Gasteiger charge is -1.99. The van der Waals surface area contributed by atoms with Crippen molar-refractivity contribution in [3.05, 3.63) is 34.5 Å². The molecule has 1 aromatic heterocycles. The highest BCUT2D eigenvalue weighted by Crippen LogP contribution is 2.19. The summed E-state index contributed by atoms with van der Waals surface area (Å²) in [5, 5.41) is 10.7. The first kappa shape index (κ1) is 8.46. The van der Waals surface area contributed by atoms with Crippen molar-refractivity contribution in [2.75, 3.05) is 0 Å². The molecule has 11 heavy (non-hydrogen) atoms. The topological polar surface area (TPSA) is 46.2 Å². The lowest BCUT2D eigenvalue weighted by atomic mass is 10.1. The molecule has 1 rings (SSSR count). The standard InChI is InChI=1S/C8H11NOS/c1-2-8(9)6-3-7(4-10)11-5-6/h2-3,5,8,10H,1,4,9H2. The number of thiophene rings is 1. The Labute approximate surface area is 70.0 Å². The molecule has 0 radical (unpaired) electrons. The second-order valence-electron chi connectivity index (χ2n) is 2.27. The summed E-state index contributed by atoms with van der Waals surface area (Å²) in [4.78, 5) is 0.942. The summed E-state index contributed by atoms with van der Waals surface area (Å²) >= 11 is 1.52. The molecule has 1 unspecified atom stereocenters. The van der Waals surface area contributed by atoms with E-state index in [4.69, 9.17) is 10.8 Å². The highest BCUT2D eigenvalue weighted by Gasteiger charge is 2.03. The molecule has 1 heterocycles. The number of hydrogen-bond donors (Lipinski definition) is 2. The van der Waals surface area contributed by atoms with E-state index >= 15 is 0 Å². The van der Waals surface area contributed by atoms with Crippen LogP contribution >= 0.6 is 11.3 Å². The molecule has 0 saturated heterocycles. The summed E-state index contributed by atoms with van der Waals surface area (Å²) in [5.41, 5.74) is 6.69. The first-order chi connectivity index (χ1) is 5.27. The lowest BCUT2D eigenvalue weighted by Crippen LogP contribution is -2.04. The maximum atomic E-state index is 8.75. The Balaban J connectivity index is 2.79. The molecule has 2 nitrogen and oxygen atoms in total. The number of aliphatic hydroxyl groups is 1. The van der Waals surface area contributed by atoms with Crippen LogP contribution in [0, 0.1) is 0 Å². The van der Waals surface area contributed by atoms with Crippen LogP contribution in [-0.4, -0.2) is 5.11 Å². The van der Waals surface area contributed by atoms with E-state index in [1.54, 1.807) is 6.08 Å². The van der Waals surface area contributed by atoms with Crippen molar-refractivity contribution in [1.29, 1.82) is 0 Å². The van der Waals surface area contributed by atoms with Crippen LogP contribution in [0.1, 0.15) is 16.5 Å². The van der Waals surface area contributed by atoms with Crippen LogP contribution in [0.15, 0.2) is 24.1 Å². The van der Waals surface area contributed by atoms with Gasteiger partial charge < -0.3 is 10.8 Å². The van der Waals surface area contributed by atoms with E-state index in [2.05, 4.69) is 6.58 Å². The van der Waals surface area contributed by atoms with Crippen molar-refractivity contribution < 1.29 is 5.11 Å². The van der Waals surface area contributed by atoms with Gasteiger partial charge >= 0.3 is 0 Å². The molecular formula is C8H11NOS. The summed E-state index contributed by atoms with van der Waals surface area (Å²) in [6.07, 6.45) is 1.68. The summed E-state index contributed by atoms with van der Waals surface area (Å²) in [6, 6.07) is 1.79. The smallest absolute Gasteiger partial charge is 0.0774 e. The number of aliphatic hydroxyl groups excluding tert-OH is 1. The molecule has 0 aliphatic heterocycles. The third-order valence-corrected chi connectivity index (χ3v) is 2.41. The quantitative estimate of drug-likeness (QED) is 0.672. The molecule has 0 amide bonds. The fraction of sp³-hybridized carbons (Fsp3) is 0.250. The molecule has 1 aromatic rings. The van der Waals surface area contributed by atoms with E-state index < -0.39 is 0 Å². The first-order valence-electron chi connectivity index (χ1n) is 3.34. The van der Waals surface area contributed by atoms with E-state index in [-0.39, 0.29) is 12.6 Å². The number of rotatable bonds is 3. The predicted octanol–water partition coefficient (Wildman–Crippen LogP) is 1.43. The Hall–Kier alpha value is -0.640. The fourth-order valence-corrected chi connectivity index (χ4v) is 1.58. The summed E-state index contributed by atoms with van der Waals surface area (Å²) in [5.74, 6) is 0. The fourth-order valence-electron chi connectivity index (χ4n) is 0.791. The largest absolute Gasteiger partial charge is 0.391 e. The van der Waals surface area contributed by atoms with Gasteiger partial charge in [-0.3, -0.25) is 0 Å². The van der Waals surface area contributed by atoms with E-state index in [0.29, 0.717) is 0 Å². The lowest BCUT2D eigenvalue weighted by molar-refractivity contribution is 0.285. The van der Waals surface area contributed by atoms with Gasteiger partial charge in [-0.15, -0.1) is 17.9 Å². The van der Waals surface area contributed by atoms with Crippen molar-refractivity contribution in [3.8, 4) is 0 Å². The third kappa shape index (κ3) is 1.89. The maximum absolute atomic E-state index is 8.75. The van der Waals surface area contributed by atoms with E-state index in [1.165, 1.54) is 11.3 Å². The molecule has 0 bridgehead atoms. The zero-order valence-electron chi connectivity index (χ0n) is 6.16. The van der Waals surface area contributed by atoms with Crippen molar-refractivity contribution in [2.24, 2.45) is 5.73 Å². The molecule has 3 heteroatoms. The summed E-state index contributed by atoms with van der Waals surface area (Å²) < 4.78 is 0. The van der Waals surface area contributed by atoms with Crippen LogP contribution < -0.4 is 5.73 Å². The monoisotopic (exact) mass is 169 g/mol. The van der Waals surface area contributed by atoms with Crippen LogP contribution in [0.4, 0.5) is 0 Å². The molecule has 0 saturated carbocycles. The van der Waals surface area contributed by atoms with Crippen molar-refractivity contribution in [1.82, 2.24) is 0 Å². The molecule has 0 spiro atoms. The van der Waals surface area contributed by atoms with Crippen LogP contribution in [0.3, 0.4) is 0 Å². The van der Waals surface area contributed by atoms with Gasteiger partial charge in [-0.25, -0.2) is 0 Å². The van der Waals surface area contributed by atoms with Crippen LogP contribution in [0.25, 0.3) is 0 Å². The molecule has 3 N–H and O–H groups in total. The first-order valence-corrected chi connectivity index (χ1v) is 4.22. The second kappa shape index (κ2) is 3.67. The van der Waals surface area contributed by atoms with Gasteiger partial charge in [-0.1, -0.05) is 6.08 Å². The van der Waals surface area contributed by atoms with E-state index in [9.17, 15) is 0 Å². The number of hydrogen-bond acceptors (Lipinski definition) is 3. The molecular weight excluding hydrogens is 158 g/mol. The van der Waals surface area contributed by atoms with Gasteiger partial charge in [0.15, 0.2) is 0 Å². The van der Waals surface area contributed by atoms with Gasteiger partial charge in [0.2, 0.25) is 0 Å². The minimum absolute atomic E-state index is 0.0918. The van der Waals surface area contributed by atoms with E-state index in [0.717, 1.165) is 10.4 Å². The predicted molar refractivity (Wildman–Crippen MR) is 47.4 cm³/mol. The zero-order valence-corrected chi connectivity index (χ0v) is 6.97. The molecule has 0 aliphatic rings. The van der Waals surface area contributed by atoms with Gasteiger partial charge in [0.1, 0.15) is 0 Å². The number of nitrogens with two attached hydrogens (primary N) is 1. The average molecular weight is 169 g/mol. The van der Waals surface area contributed by atoms with Gasteiger partial charge in [0.05, 0.1) is 6.61 Å². The maximum Gasteiger partial charge on any atom is 0.0774 e. The average Bonchev–Trinajstić information content (AvgIpc) is 2.50. The van der Waals surface area contributed by atoms with Gasteiger partial charge in [0.25, 0.3) is 0 Å². The molecule has 0 fully saturated rings. The van der Waals surface area contributed by atoms with Crippen LogP contribution in [0.5, 0.6) is 0 Å². The molecule has 1 atom stereocenters. The minimum Gasteiger partial charge on any atom is -0.391 e. The van der Waals surface area contributed by atoms with Crippen molar-refractivity contribution in [2.45, 2.75) is 12.6 Å². The Kier molecular flexibility index (Phi) is 2.82. The summed E-state index contributed by atoms with van der Waals surface area (Å²) in [6.45, 7) is 3.68. The van der Waals surface area contributed by atoms with Gasteiger partial charge in [-0.2, -0.15) is 0 Å². The Morgan fingerprint density at radius 3 is 3.00 bits per heavy atom. The Morgan fingerprint density at radius 1 is 1.82 bits per heavy atom. The van der Waals surface area contributed by atoms with Gasteiger partial charge in [-0.05, 0) is 17.0 Å². The van der Waals surface area contributed by atoms with Gasteiger partial charge in [0, 0.05) is 10.9 Å². The minimum atomic E-state index is -0.105. The highest BCUT2D eigenvalue weighted by molar-refractivity contribution is 7.10. The van der Waals surface area contributed by atoms with Crippen molar-refractivity contribution in [3.63, 3.8) is 0 Å². The van der Waals surface area contributed by atoms with Crippen molar-refractivity contribution >= 4 is 11.3 Å². The molecule has 60 valence electrons. The van der Waals surface area contributed by atoms with Crippen LogP contribution in [-0.2, 0) is 6.61 Å². The molecule has 0 aliphatic carbocycles. The normalized spacial score (nSPS) is 12.9. The highest BCUT2D eigenvalue weighted by atomic mass is 32.1. The SMILES string of the molecule is C=CC(N)c1csc(CO)c1. The summed E-state index contributed by atoms with van der Waals surface area (Å²) in [7, 11) is 0. The Morgan fingerprint density at radius 2 is 2.55 bits per heavy atom. The zero-order chi connectivity index (χ0) is 8.27. The second-order valence-corrected chi connectivity index (χ2v) is 3.26.